The summed E-state index contributed by atoms with van der Waals surface area (Å²) in [5.41, 5.74) is 5.14. The van der Waals surface area contributed by atoms with E-state index in [1.165, 1.54) is 24.3 Å². The van der Waals surface area contributed by atoms with Gasteiger partial charge in [0.1, 0.15) is 0 Å². The summed E-state index contributed by atoms with van der Waals surface area (Å²) < 4.78 is 57.6. The molecule has 0 aliphatic heterocycles. The van der Waals surface area contributed by atoms with Gasteiger partial charge in [-0.05, 0) is 69.9 Å². The average molecular weight is 475 g/mol. The number of rotatable bonds is 6. The molecule has 2 N–H and O–H groups in total. The molecule has 0 aromatic heterocycles. The zero-order valence-corrected chi connectivity index (χ0v) is 20.9. The maximum atomic E-state index is 13.1. The van der Waals surface area contributed by atoms with Crippen molar-refractivity contribution in [3.8, 4) is 0 Å². The first-order chi connectivity index (χ1) is 14.8. The molecule has 0 amide bonds. The van der Waals surface area contributed by atoms with E-state index < -0.39 is 20.0 Å². The zero-order valence-electron chi connectivity index (χ0n) is 19.2. The summed E-state index contributed by atoms with van der Waals surface area (Å²) in [7, 11) is -7.91. The normalized spacial score (nSPS) is 19.3. The van der Waals surface area contributed by atoms with Gasteiger partial charge < -0.3 is 0 Å². The highest BCUT2D eigenvalue weighted by Crippen LogP contribution is 2.27. The van der Waals surface area contributed by atoms with Crippen LogP contribution in [0.2, 0.25) is 0 Å². The number of allylic oxidation sites excluding steroid dienone is 2. The Balaban J connectivity index is 1.91. The maximum absolute atomic E-state index is 13.1. The first-order valence-electron chi connectivity index (χ1n) is 10.4. The SMILES string of the molecule is CC1=CC(C)C(NS(=O)(=O)c2cccc(S(=O)(=O)Nc3c(C)cc(C)cc3C)c2)C(C)=C1. The van der Waals surface area contributed by atoms with E-state index in [4.69, 9.17) is 0 Å². The summed E-state index contributed by atoms with van der Waals surface area (Å²) in [6.07, 6.45) is 3.96. The molecule has 2 atom stereocenters. The molecular weight excluding hydrogens is 444 g/mol. The van der Waals surface area contributed by atoms with Crippen LogP contribution in [-0.4, -0.2) is 22.9 Å². The van der Waals surface area contributed by atoms with Gasteiger partial charge in [-0.25, -0.2) is 21.6 Å². The molecule has 0 bridgehead atoms. The van der Waals surface area contributed by atoms with Crippen molar-refractivity contribution in [3.05, 3.63) is 76.4 Å². The first-order valence-corrected chi connectivity index (χ1v) is 13.4. The molecule has 1 aliphatic rings. The summed E-state index contributed by atoms with van der Waals surface area (Å²) >= 11 is 0. The van der Waals surface area contributed by atoms with Crippen molar-refractivity contribution in [1.82, 2.24) is 4.72 Å². The van der Waals surface area contributed by atoms with E-state index in [2.05, 4.69) is 9.44 Å². The standard InChI is InChI=1S/C24H30N2O4S2/c1-15-10-17(3)23(18(4)11-15)25-31(27,28)21-8-7-9-22(14-21)32(29,30)26-24-19(5)12-16(2)13-20(24)6/h7-14,17,23,25-26H,1-6H3. The fourth-order valence-corrected chi connectivity index (χ4v) is 6.93. The second-order valence-electron chi connectivity index (χ2n) is 8.61. The summed E-state index contributed by atoms with van der Waals surface area (Å²) in [5, 5.41) is 0. The van der Waals surface area contributed by atoms with Crippen molar-refractivity contribution in [2.75, 3.05) is 4.72 Å². The number of benzene rings is 2. The van der Waals surface area contributed by atoms with Crippen molar-refractivity contribution in [2.24, 2.45) is 5.92 Å². The minimum atomic E-state index is -3.98. The molecule has 3 rings (SSSR count). The van der Waals surface area contributed by atoms with Crippen LogP contribution >= 0.6 is 0 Å². The molecule has 0 saturated carbocycles. The molecule has 32 heavy (non-hydrogen) atoms. The molecule has 2 aromatic rings. The Morgan fingerprint density at radius 2 is 1.38 bits per heavy atom. The first kappa shape index (κ1) is 24.2. The quantitative estimate of drug-likeness (QED) is 0.640. The fraction of sp³-hybridized carbons (Fsp3) is 0.333. The lowest BCUT2D eigenvalue weighted by Crippen LogP contribution is -2.40. The van der Waals surface area contributed by atoms with Gasteiger partial charge in [-0.3, -0.25) is 4.72 Å². The maximum Gasteiger partial charge on any atom is 0.261 e. The Labute approximate surface area is 191 Å². The largest absolute Gasteiger partial charge is 0.279 e. The van der Waals surface area contributed by atoms with E-state index in [0.717, 1.165) is 27.8 Å². The number of anilines is 1. The number of sulfonamides is 2. The van der Waals surface area contributed by atoms with Crippen molar-refractivity contribution >= 4 is 25.7 Å². The second kappa shape index (κ2) is 8.84. The van der Waals surface area contributed by atoms with Crippen LogP contribution in [0.4, 0.5) is 5.69 Å². The molecule has 0 fully saturated rings. The topological polar surface area (TPSA) is 92.3 Å². The Kier molecular flexibility index (Phi) is 6.70. The van der Waals surface area contributed by atoms with E-state index in [9.17, 15) is 16.8 Å². The predicted octanol–water partition coefficient (Wildman–Crippen LogP) is 4.60. The summed E-state index contributed by atoms with van der Waals surface area (Å²) in [6, 6.07) is 8.82. The summed E-state index contributed by atoms with van der Waals surface area (Å²) in [5.74, 6) is -0.0177. The molecule has 172 valence electrons. The number of hydrogen-bond donors (Lipinski definition) is 2. The van der Waals surface area contributed by atoms with Crippen molar-refractivity contribution < 1.29 is 16.8 Å². The highest BCUT2D eigenvalue weighted by molar-refractivity contribution is 7.93. The lowest BCUT2D eigenvalue weighted by Gasteiger charge is -2.27. The van der Waals surface area contributed by atoms with Crippen LogP contribution in [0.15, 0.2) is 69.5 Å². The highest BCUT2D eigenvalue weighted by atomic mass is 32.2. The van der Waals surface area contributed by atoms with E-state index in [1.807, 2.05) is 65.8 Å². The van der Waals surface area contributed by atoms with Crippen LogP contribution in [0.3, 0.4) is 0 Å². The van der Waals surface area contributed by atoms with Gasteiger partial charge in [0.2, 0.25) is 10.0 Å². The van der Waals surface area contributed by atoms with Gasteiger partial charge in [0, 0.05) is 6.04 Å². The van der Waals surface area contributed by atoms with Gasteiger partial charge in [-0.15, -0.1) is 0 Å². The van der Waals surface area contributed by atoms with Crippen LogP contribution in [0.1, 0.15) is 37.5 Å². The van der Waals surface area contributed by atoms with Gasteiger partial charge >= 0.3 is 0 Å². The van der Waals surface area contributed by atoms with E-state index in [0.29, 0.717) is 5.69 Å². The Morgan fingerprint density at radius 3 is 1.94 bits per heavy atom. The van der Waals surface area contributed by atoms with Crippen LogP contribution < -0.4 is 9.44 Å². The molecule has 0 saturated heterocycles. The van der Waals surface area contributed by atoms with Crippen LogP contribution in [0.5, 0.6) is 0 Å². The number of aryl methyl sites for hydroxylation is 3. The van der Waals surface area contributed by atoms with Crippen molar-refractivity contribution in [3.63, 3.8) is 0 Å². The molecule has 8 heteroatoms. The zero-order chi connectivity index (χ0) is 23.8. The lowest BCUT2D eigenvalue weighted by atomic mass is 9.88. The van der Waals surface area contributed by atoms with E-state index >= 15 is 0 Å². The lowest BCUT2D eigenvalue weighted by molar-refractivity contribution is 0.517. The fourth-order valence-electron chi connectivity index (χ4n) is 4.20. The molecule has 6 nitrogen and oxygen atoms in total. The molecule has 0 heterocycles. The van der Waals surface area contributed by atoms with E-state index in [-0.39, 0.29) is 21.8 Å². The minimum absolute atomic E-state index is 0.0177. The molecule has 2 unspecified atom stereocenters. The van der Waals surface area contributed by atoms with Gasteiger partial charge in [0.15, 0.2) is 0 Å². The van der Waals surface area contributed by atoms with Gasteiger partial charge in [0.05, 0.1) is 15.5 Å². The van der Waals surface area contributed by atoms with E-state index in [1.54, 1.807) is 0 Å². The van der Waals surface area contributed by atoms with Gasteiger partial charge in [-0.1, -0.05) is 54.0 Å². The third-order valence-electron chi connectivity index (χ3n) is 5.62. The van der Waals surface area contributed by atoms with Gasteiger partial charge in [-0.2, -0.15) is 0 Å². The Morgan fingerprint density at radius 1 is 0.812 bits per heavy atom. The van der Waals surface area contributed by atoms with Crippen molar-refractivity contribution in [1.29, 1.82) is 0 Å². The monoisotopic (exact) mass is 474 g/mol. The second-order valence-corrected chi connectivity index (χ2v) is 12.0. The smallest absolute Gasteiger partial charge is 0.261 e. The Hall–Kier alpha value is -2.42. The molecule has 1 aliphatic carbocycles. The molecular formula is C24H30N2O4S2. The highest BCUT2D eigenvalue weighted by Gasteiger charge is 2.28. The molecule has 2 aromatic carbocycles. The number of hydrogen-bond acceptors (Lipinski definition) is 4. The molecule has 0 radical (unpaired) electrons. The third-order valence-corrected chi connectivity index (χ3v) is 8.41. The Bertz CT molecular complexity index is 1300. The van der Waals surface area contributed by atoms with Crippen molar-refractivity contribution in [2.45, 2.75) is 57.4 Å². The molecule has 0 spiro atoms. The summed E-state index contributed by atoms with van der Waals surface area (Å²) in [6.45, 7) is 11.4. The van der Waals surface area contributed by atoms with Crippen LogP contribution in [0.25, 0.3) is 0 Å². The van der Waals surface area contributed by atoms with Crippen LogP contribution in [0, 0.1) is 26.7 Å². The number of nitrogens with one attached hydrogen (secondary N) is 2. The summed E-state index contributed by atoms with van der Waals surface area (Å²) in [4.78, 5) is -0.205. The predicted molar refractivity (Wildman–Crippen MR) is 129 cm³/mol. The third kappa shape index (κ3) is 5.14. The minimum Gasteiger partial charge on any atom is -0.279 e. The van der Waals surface area contributed by atoms with Crippen LogP contribution in [-0.2, 0) is 20.0 Å². The van der Waals surface area contributed by atoms with Gasteiger partial charge in [0.25, 0.3) is 10.0 Å². The average Bonchev–Trinajstić information content (AvgIpc) is 2.68.